The van der Waals surface area contributed by atoms with Crippen molar-refractivity contribution in [1.29, 1.82) is 0 Å². The average molecular weight is 426 g/mol. The number of hydrogen-bond acceptors (Lipinski definition) is 4. The summed E-state index contributed by atoms with van der Waals surface area (Å²) in [7, 11) is 1.43. The quantitative estimate of drug-likeness (QED) is 0.338. The van der Waals surface area contributed by atoms with Crippen molar-refractivity contribution in [1.82, 2.24) is 5.06 Å². The number of hydrogen-bond donors (Lipinski definition) is 0. The van der Waals surface area contributed by atoms with Crippen molar-refractivity contribution < 1.29 is 14.4 Å². The van der Waals surface area contributed by atoms with Crippen LogP contribution in [0.15, 0.2) is 60.7 Å². The first-order valence-electron chi connectivity index (χ1n) is 11.2. The third kappa shape index (κ3) is 6.41. The van der Waals surface area contributed by atoms with Gasteiger partial charge >= 0.3 is 5.97 Å². The number of hydroxylamine groups is 2. The standard InChI is InChI=1S/C27H39NO3/c1-20(2)24(23-17-13-10-14-18-23)28(26(4,5)6)31-27(7,25(29)30-8)19-21(3)22-15-11-9-12-16-22/h9-18,20-21,24H,19H2,1-8H3. The maximum absolute atomic E-state index is 13.0. The Morgan fingerprint density at radius 3 is 1.77 bits per heavy atom. The number of carbonyl (C=O) groups excluding carboxylic acids is 1. The van der Waals surface area contributed by atoms with Crippen molar-refractivity contribution in [2.45, 2.75) is 78.0 Å². The van der Waals surface area contributed by atoms with Gasteiger partial charge in [-0.05, 0) is 57.1 Å². The Balaban J connectivity index is 2.45. The normalized spacial score (nSPS) is 16.1. The van der Waals surface area contributed by atoms with Crippen LogP contribution in [0.25, 0.3) is 0 Å². The number of esters is 1. The zero-order valence-corrected chi connectivity index (χ0v) is 20.4. The molecule has 0 fully saturated rings. The summed E-state index contributed by atoms with van der Waals surface area (Å²) >= 11 is 0. The van der Waals surface area contributed by atoms with Crippen LogP contribution in [0.3, 0.4) is 0 Å². The first-order valence-corrected chi connectivity index (χ1v) is 11.2. The molecule has 4 nitrogen and oxygen atoms in total. The van der Waals surface area contributed by atoms with E-state index in [1.807, 2.05) is 48.4 Å². The predicted molar refractivity (Wildman–Crippen MR) is 127 cm³/mol. The minimum absolute atomic E-state index is 0.0165. The van der Waals surface area contributed by atoms with Gasteiger partial charge in [-0.25, -0.2) is 4.79 Å². The topological polar surface area (TPSA) is 38.8 Å². The second-order valence-corrected chi connectivity index (χ2v) is 9.93. The molecule has 0 aromatic heterocycles. The molecule has 2 rings (SSSR count). The third-order valence-corrected chi connectivity index (χ3v) is 5.67. The predicted octanol–water partition coefficient (Wildman–Crippen LogP) is 6.54. The molecule has 0 heterocycles. The average Bonchev–Trinajstić information content (AvgIpc) is 2.73. The second-order valence-electron chi connectivity index (χ2n) is 9.93. The summed E-state index contributed by atoms with van der Waals surface area (Å²) in [5, 5.41) is 2.00. The van der Waals surface area contributed by atoms with E-state index in [4.69, 9.17) is 9.57 Å². The van der Waals surface area contributed by atoms with Gasteiger partial charge in [0.1, 0.15) is 0 Å². The molecule has 0 bridgehead atoms. The maximum Gasteiger partial charge on any atom is 0.340 e. The van der Waals surface area contributed by atoms with E-state index in [-0.39, 0.29) is 29.4 Å². The fourth-order valence-electron chi connectivity index (χ4n) is 4.13. The minimum Gasteiger partial charge on any atom is -0.467 e. The molecule has 0 saturated carbocycles. The molecule has 31 heavy (non-hydrogen) atoms. The Labute approximate surface area is 188 Å². The molecule has 0 aliphatic rings. The minimum atomic E-state index is -1.13. The largest absolute Gasteiger partial charge is 0.467 e. The molecule has 0 radical (unpaired) electrons. The molecule has 0 saturated heterocycles. The van der Waals surface area contributed by atoms with Crippen LogP contribution in [-0.4, -0.2) is 29.3 Å². The molecule has 2 aromatic rings. The lowest BCUT2D eigenvalue weighted by Gasteiger charge is -2.46. The van der Waals surface area contributed by atoms with E-state index in [9.17, 15) is 4.79 Å². The second kappa shape index (κ2) is 10.4. The molecule has 3 atom stereocenters. The highest BCUT2D eigenvalue weighted by atomic mass is 16.7. The molecule has 0 N–H and O–H groups in total. The third-order valence-electron chi connectivity index (χ3n) is 5.67. The smallest absolute Gasteiger partial charge is 0.340 e. The monoisotopic (exact) mass is 425 g/mol. The van der Waals surface area contributed by atoms with Crippen molar-refractivity contribution in [3.05, 3.63) is 71.8 Å². The number of rotatable bonds is 9. The molecule has 0 aliphatic carbocycles. The Kier molecular flexibility index (Phi) is 8.44. The molecular weight excluding hydrogens is 386 g/mol. The van der Waals surface area contributed by atoms with Crippen LogP contribution in [0.1, 0.15) is 78.0 Å². The van der Waals surface area contributed by atoms with Gasteiger partial charge in [0.15, 0.2) is 5.60 Å². The van der Waals surface area contributed by atoms with Crippen molar-refractivity contribution in [3.63, 3.8) is 0 Å². The van der Waals surface area contributed by atoms with Crippen molar-refractivity contribution in [2.75, 3.05) is 7.11 Å². The van der Waals surface area contributed by atoms with Crippen LogP contribution in [0.4, 0.5) is 0 Å². The Bertz CT molecular complexity index is 813. The molecular formula is C27H39NO3. The van der Waals surface area contributed by atoms with E-state index in [0.717, 1.165) is 5.56 Å². The van der Waals surface area contributed by atoms with E-state index >= 15 is 0 Å². The fraction of sp³-hybridized carbons (Fsp3) is 0.519. The number of carbonyl (C=O) groups is 1. The van der Waals surface area contributed by atoms with Crippen LogP contribution in [0, 0.1) is 5.92 Å². The van der Waals surface area contributed by atoms with Gasteiger partial charge < -0.3 is 4.74 Å². The van der Waals surface area contributed by atoms with Crippen LogP contribution in [0.2, 0.25) is 0 Å². The number of ether oxygens (including phenoxy) is 1. The molecule has 0 aliphatic heterocycles. The summed E-state index contributed by atoms with van der Waals surface area (Å²) in [6, 6.07) is 20.5. The fourth-order valence-corrected chi connectivity index (χ4v) is 4.13. The lowest BCUT2D eigenvalue weighted by Crippen LogP contribution is -2.54. The lowest BCUT2D eigenvalue weighted by molar-refractivity contribution is -0.304. The number of benzene rings is 2. The SMILES string of the molecule is COC(=O)C(C)(CC(C)c1ccccc1)ON(C(c1ccccc1)C(C)C)C(C)(C)C. The Morgan fingerprint density at radius 2 is 1.35 bits per heavy atom. The molecule has 4 heteroatoms. The number of methoxy groups -OCH3 is 1. The van der Waals surface area contributed by atoms with Gasteiger partial charge in [0.2, 0.25) is 0 Å². The Morgan fingerprint density at radius 1 is 0.871 bits per heavy atom. The van der Waals surface area contributed by atoms with Crippen molar-refractivity contribution in [3.8, 4) is 0 Å². The van der Waals surface area contributed by atoms with E-state index in [1.165, 1.54) is 12.7 Å². The van der Waals surface area contributed by atoms with Gasteiger partial charge in [0.05, 0.1) is 13.2 Å². The summed E-state index contributed by atoms with van der Waals surface area (Å²) < 4.78 is 5.22. The van der Waals surface area contributed by atoms with Gasteiger partial charge in [-0.2, -0.15) is 5.06 Å². The van der Waals surface area contributed by atoms with Crippen molar-refractivity contribution >= 4 is 5.97 Å². The summed E-state index contributed by atoms with van der Waals surface area (Å²) in [4.78, 5) is 19.7. The molecule has 0 amide bonds. The van der Waals surface area contributed by atoms with Gasteiger partial charge in [-0.3, -0.25) is 4.84 Å². The van der Waals surface area contributed by atoms with E-state index in [2.05, 4.69) is 65.8 Å². The van der Waals surface area contributed by atoms with Crippen molar-refractivity contribution in [2.24, 2.45) is 5.92 Å². The molecule has 2 aromatic carbocycles. The van der Waals surface area contributed by atoms with E-state index < -0.39 is 5.60 Å². The first kappa shape index (κ1) is 25.1. The first-order chi connectivity index (χ1) is 14.5. The van der Waals surface area contributed by atoms with Crippen LogP contribution < -0.4 is 0 Å². The van der Waals surface area contributed by atoms with Gasteiger partial charge in [0.25, 0.3) is 0 Å². The summed E-state index contributed by atoms with van der Waals surface area (Å²) in [5.74, 6) is 0.0384. The lowest BCUT2D eigenvalue weighted by atomic mass is 9.88. The highest BCUT2D eigenvalue weighted by Crippen LogP contribution is 2.39. The van der Waals surface area contributed by atoms with E-state index in [0.29, 0.717) is 6.42 Å². The highest BCUT2D eigenvalue weighted by molar-refractivity contribution is 5.79. The highest BCUT2D eigenvalue weighted by Gasteiger charge is 2.45. The molecule has 3 unspecified atom stereocenters. The summed E-state index contributed by atoms with van der Waals surface area (Å²) in [6.45, 7) is 14.7. The summed E-state index contributed by atoms with van der Waals surface area (Å²) in [6.07, 6.45) is 0.510. The van der Waals surface area contributed by atoms with Gasteiger partial charge in [0, 0.05) is 5.54 Å². The molecule has 0 spiro atoms. The van der Waals surface area contributed by atoms with Gasteiger partial charge in [-0.15, -0.1) is 0 Å². The van der Waals surface area contributed by atoms with Crippen LogP contribution >= 0.6 is 0 Å². The molecule has 170 valence electrons. The number of nitrogens with zero attached hydrogens (tertiary/aromatic N) is 1. The Hall–Kier alpha value is -2.17. The zero-order valence-electron chi connectivity index (χ0n) is 20.4. The zero-order chi connectivity index (χ0) is 23.2. The van der Waals surface area contributed by atoms with Crippen LogP contribution in [-0.2, 0) is 14.4 Å². The van der Waals surface area contributed by atoms with Gasteiger partial charge in [-0.1, -0.05) is 81.4 Å². The maximum atomic E-state index is 13.0. The van der Waals surface area contributed by atoms with Crippen LogP contribution in [0.5, 0.6) is 0 Å². The summed E-state index contributed by atoms with van der Waals surface area (Å²) in [5.41, 5.74) is 0.873. The van der Waals surface area contributed by atoms with E-state index in [1.54, 1.807) is 0 Å².